The van der Waals surface area contributed by atoms with Crippen molar-refractivity contribution in [3.63, 3.8) is 0 Å². The van der Waals surface area contributed by atoms with E-state index in [1.807, 2.05) is 51.1 Å². The van der Waals surface area contributed by atoms with Gasteiger partial charge in [-0.3, -0.25) is 0 Å². The molecular weight excluding hydrogens is 408 g/mol. The molecule has 0 unspecified atom stereocenters. The van der Waals surface area contributed by atoms with E-state index >= 15 is 0 Å². The van der Waals surface area contributed by atoms with Gasteiger partial charge in [-0.15, -0.1) is 5.54 Å². The van der Waals surface area contributed by atoms with Crippen LogP contribution in [0.1, 0.15) is 39.2 Å². The van der Waals surface area contributed by atoms with Crippen LogP contribution in [0.15, 0.2) is 42.7 Å². The van der Waals surface area contributed by atoms with Gasteiger partial charge in [-0.2, -0.15) is 0 Å². The molecule has 1 aliphatic rings. The second-order valence-corrected chi connectivity index (χ2v) is 13.7. The molecule has 0 saturated carbocycles. The van der Waals surface area contributed by atoms with Crippen molar-refractivity contribution in [2.24, 2.45) is 0 Å². The first-order valence-corrected chi connectivity index (χ1v) is 14.6. The molecule has 1 aromatic rings. The van der Waals surface area contributed by atoms with Crippen LogP contribution in [-0.4, -0.2) is 50.0 Å². The first-order chi connectivity index (χ1) is 14.6. The van der Waals surface area contributed by atoms with Crippen LogP contribution in [-0.2, 0) is 25.6 Å². The number of benzene rings is 1. The summed E-state index contributed by atoms with van der Waals surface area (Å²) < 4.78 is 24.4. The maximum Gasteiger partial charge on any atom is 0.211 e. The highest BCUT2D eigenvalue weighted by Crippen LogP contribution is 2.37. The molecule has 0 amide bonds. The molecule has 172 valence electrons. The molecule has 5 nitrogen and oxygen atoms in total. The van der Waals surface area contributed by atoms with Gasteiger partial charge in [-0.1, -0.05) is 76.3 Å². The van der Waals surface area contributed by atoms with Crippen molar-refractivity contribution < 1.29 is 24.1 Å². The fraction of sp³-hybridized carbons (Fsp3) is 0.600. The van der Waals surface area contributed by atoms with Crippen LogP contribution in [0.2, 0.25) is 19.6 Å². The number of hydrogen-bond acceptors (Lipinski definition) is 5. The zero-order chi connectivity index (χ0) is 23.1. The molecule has 1 aromatic carbocycles. The second-order valence-electron chi connectivity index (χ2n) is 8.92. The van der Waals surface area contributed by atoms with Crippen molar-refractivity contribution in [3.8, 4) is 11.5 Å². The van der Waals surface area contributed by atoms with Gasteiger partial charge in [-0.05, 0) is 25.3 Å². The summed E-state index contributed by atoms with van der Waals surface area (Å²) in [7, 11) is -1.80. The van der Waals surface area contributed by atoms with Crippen molar-refractivity contribution >= 4 is 8.07 Å². The molecule has 1 fully saturated rings. The minimum atomic E-state index is -1.80. The predicted molar refractivity (Wildman–Crippen MR) is 126 cm³/mol. The van der Waals surface area contributed by atoms with Gasteiger partial charge in [0.1, 0.15) is 26.0 Å². The highest BCUT2D eigenvalue weighted by atomic mass is 28.3. The van der Waals surface area contributed by atoms with Crippen molar-refractivity contribution in [2.45, 2.75) is 83.5 Å². The first kappa shape index (κ1) is 25.6. The predicted octanol–water partition coefficient (Wildman–Crippen LogP) is 4.67. The number of aliphatic hydroxyl groups is 1. The summed E-state index contributed by atoms with van der Waals surface area (Å²) in [6, 6.07) is 9.83. The summed E-state index contributed by atoms with van der Waals surface area (Å²) in [5.74, 6) is 2.57. The molecule has 1 saturated heterocycles. The molecule has 1 N–H and O–H groups in total. The lowest BCUT2D eigenvalue weighted by molar-refractivity contribution is -0.201. The van der Waals surface area contributed by atoms with Crippen LogP contribution in [0.4, 0.5) is 0 Å². The zero-order valence-corrected chi connectivity index (χ0v) is 20.9. The first-order valence-electron chi connectivity index (χ1n) is 11.1. The zero-order valence-electron chi connectivity index (χ0n) is 19.9. The van der Waals surface area contributed by atoms with E-state index in [1.165, 1.54) is 0 Å². The van der Waals surface area contributed by atoms with Gasteiger partial charge >= 0.3 is 0 Å². The van der Waals surface area contributed by atoms with Gasteiger partial charge in [-0.25, -0.2) is 0 Å². The molecule has 0 radical (unpaired) electrons. The summed E-state index contributed by atoms with van der Waals surface area (Å²) in [6.45, 7) is 17.3. The smallest absolute Gasteiger partial charge is 0.211 e. The van der Waals surface area contributed by atoms with Crippen LogP contribution in [0, 0.1) is 11.5 Å². The highest BCUT2D eigenvalue weighted by Gasteiger charge is 2.51. The molecule has 0 spiro atoms. The number of hydrogen-bond donors (Lipinski definition) is 1. The largest absolute Gasteiger partial charge is 0.495 e. The molecule has 0 bridgehead atoms. The van der Waals surface area contributed by atoms with E-state index in [0.717, 1.165) is 5.56 Å². The van der Waals surface area contributed by atoms with E-state index in [-0.39, 0.29) is 5.76 Å². The third-order valence-corrected chi connectivity index (χ3v) is 6.22. The molecule has 6 heteroatoms. The van der Waals surface area contributed by atoms with Crippen LogP contribution in [0.5, 0.6) is 0 Å². The third-order valence-electron chi connectivity index (χ3n) is 5.35. The SMILES string of the molecule is C=C(OCC)[C@@](O)(C#C[Si](C)(C)C)[C@H](OCc1ccccc1)[C@H]1COC(CC)(CC)O1. The Kier molecular flexibility index (Phi) is 8.93. The molecule has 0 aliphatic carbocycles. The van der Waals surface area contributed by atoms with E-state index in [1.54, 1.807) is 0 Å². The Morgan fingerprint density at radius 3 is 2.42 bits per heavy atom. The van der Waals surface area contributed by atoms with Gasteiger partial charge < -0.3 is 24.1 Å². The summed E-state index contributed by atoms with van der Waals surface area (Å²) in [5, 5.41) is 11.9. The molecule has 31 heavy (non-hydrogen) atoms. The van der Waals surface area contributed by atoms with Gasteiger partial charge in [0.2, 0.25) is 5.60 Å². The minimum Gasteiger partial charge on any atom is -0.495 e. The summed E-state index contributed by atoms with van der Waals surface area (Å²) in [6.07, 6.45) is 0.0746. The number of ether oxygens (including phenoxy) is 4. The van der Waals surface area contributed by atoms with E-state index in [0.29, 0.717) is 32.7 Å². The Morgan fingerprint density at radius 1 is 1.26 bits per heavy atom. The Labute approximate surface area is 188 Å². The van der Waals surface area contributed by atoms with E-state index in [4.69, 9.17) is 18.9 Å². The third kappa shape index (κ3) is 6.68. The Morgan fingerprint density at radius 2 is 1.90 bits per heavy atom. The molecular formula is C25H38O5Si. The second kappa shape index (κ2) is 10.8. The van der Waals surface area contributed by atoms with E-state index in [9.17, 15) is 5.11 Å². The lowest BCUT2D eigenvalue weighted by Crippen LogP contribution is -2.53. The Balaban J connectivity index is 2.44. The molecule has 1 heterocycles. The Hall–Kier alpha value is -1.62. The van der Waals surface area contributed by atoms with E-state index in [2.05, 4.69) is 37.7 Å². The van der Waals surface area contributed by atoms with Crippen molar-refractivity contribution in [1.29, 1.82) is 0 Å². The molecule has 3 atom stereocenters. The average molecular weight is 447 g/mol. The van der Waals surface area contributed by atoms with Gasteiger partial charge in [0, 0.05) is 0 Å². The lowest BCUT2D eigenvalue weighted by atomic mass is 9.91. The van der Waals surface area contributed by atoms with Crippen LogP contribution in [0.3, 0.4) is 0 Å². The van der Waals surface area contributed by atoms with Crippen molar-refractivity contribution in [2.75, 3.05) is 13.2 Å². The maximum absolute atomic E-state index is 11.9. The summed E-state index contributed by atoms with van der Waals surface area (Å²) >= 11 is 0. The number of rotatable bonds is 10. The van der Waals surface area contributed by atoms with Gasteiger partial charge in [0.15, 0.2) is 5.79 Å². The lowest BCUT2D eigenvalue weighted by Gasteiger charge is -2.36. The average Bonchev–Trinajstić information content (AvgIpc) is 3.17. The van der Waals surface area contributed by atoms with Crippen molar-refractivity contribution in [1.82, 2.24) is 0 Å². The molecule has 1 aliphatic heterocycles. The van der Waals surface area contributed by atoms with Crippen molar-refractivity contribution in [3.05, 3.63) is 48.2 Å². The summed E-state index contributed by atoms with van der Waals surface area (Å²) in [4.78, 5) is 0. The van der Waals surface area contributed by atoms with Crippen LogP contribution >= 0.6 is 0 Å². The summed E-state index contributed by atoms with van der Waals surface area (Å²) in [5.41, 5.74) is 2.54. The van der Waals surface area contributed by atoms with Crippen LogP contribution < -0.4 is 0 Å². The van der Waals surface area contributed by atoms with Crippen LogP contribution in [0.25, 0.3) is 0 Å². The monoisotopic (exact) mass is 446 g/mol. The maximum atomic E-state index is 11.9. The van der Waals surface area contributed by atoms with E-state index < -0.39 is 31.7 Å². The fourth-order valence-corrected chi connectivity index (χ4v) is 4.04. The van der Waals surface area contributed by atoms with Gasteiger partial charge in [0.25, 0.3) is 0 Å². The Bertz CT molecular complexity index is 773. The fourth-order valence-electron chi connectivity index (χ4n) is 3.47. The van der Waals surface area contributed by atoms with Gasteiger partial charge in [0.05, 0.1) is 19.8 Å². The highest BCUT2D eigenvalue weighted by molar-refractivity contribution is 6.83. The quantitative estimate of drug-likeness (QED) is 0.322. The molecule has 2 rings (SSSR count). The standard InChI is InChI=1S/C25H38O5Si/c1-8-24(9-2)29-19-22(30-24)23(28-18-21-14-12-11-13-15-21)25(26,20(4)27-10-3)16-17-31(5,6)7/h11-15,22-23,26H,4,8-10,18-19H2,1-3,5-7H3/t22-,23-,25+/m1/s1. The normalized spacial score (nSPS) is 20.9. The minimum absolute atomic E-state index is 0.174. The molecule has 0 aromatic heterocycles. The topological polar surface area (TPSA) is 57.2 Å².